The van der Waals surface area contributed by atoms with Crippen LogP contribution in [0.1, 0.15) is 12.5 Å². The van der Waals surface area contributed by atoms with Crippen LogP contribution in [-0.4, -0.2) is 39.4 Å². The second-order valence-electron chi connectivity index (χ2n) is 6.44. The van der Waals surface area contributed by atoms with E-state index in [-0.39, 0.29) is 19.1 Å². The minimum atomic E-state index is -0.841. The van der Waals surface area contributed by atoms with E-state index in [2.05, 4.69) is 5.32 Å². The van der Waals surface area contributed by atoms with Gasteiger partial charge in [0.25, 0.3) is 0 Å². The Morgan fingerprint density at radius 2 is 2.00 bits per heavy atom. The number of fused-ring (bicyclic) bond motifs is 3. The average molecular weight is 363 g/mol. The van der Waals surface area contributed by atoms with Gasteiger partial charge in [-0.15, -0.1) is 0 Å². The molecule has 6 heteroatoms. The van der Waals surface area contributed by atoms with Gasteiger partial charge in [-0.05, 0) is 36.8 Å². The van der Waals surface area contributed by atoms with Crippen molar-refractivity contribution in [1.82, 2.24) is 9.88 Å². The summed E-state index contributed by atoms with van der Waals surface area (Å²) in [6.45, 7) is 1.27. The molecule has 0 unspecified atom stereocenters. The predicted octanol–water partition coefficient (Wildman–Crippen LogP) is 2.19. The number of carbonyl (C=O) groups excluding carboxylic acids is 1. The molecule has 0 saturated heterocycles. The molecule has 27 heavy (non-hydrogen) atoms. The normalized spacial score (nSPS) is 13.7. The molecule has 0 spiro atoms. The molecule has 1 amide bonds. The van der Waals surface area contributed by atoms with Gasteiger partial charge in [-0.1, -0.05) is 24.3 Å². The Morgan fingerprint density at radius 3 is 2.70 bits per heavy atom. The van der Waals surface area contributed by atoms with Crippen LogP contribution in [0.4, 0.5) is 0 Å². The van der Waals surface area contributed by atoms with Gasteiger partial charge in [0.05, 0.1) is 24.8 Å². The molecule has 0 fully saturated rings. The molecular weight excluding hydrogens is 342 g/mol. The Balaban J connectivity index is 2.02. The summed E-state index contributed by atoms with van der Waals surface area (Å²) in [5.41, 5.74) is 2.73. The molecule has 2 aromatic carbocycles. The highest BCUT2D eigenvalue weighted by Gasteiger charge is 2.18. The van der Waals surface area contributed by atoms with E-state index in [9.17, 15) is 15.0 Å². The Bertz CT molecular complexity index is 1040. The maximum absolute atomic E-state index is 12.5. The first kappa shape index (κ1) is 18.6. The van der Waals surface area contributed by atoms with Gasteiger partial charge in [-0.25, -0.2) is 0 Å². The molecule has 138 valence electrons. The maximum atomic E-state index is 12.5. The highest BCUT2D eigenvalue weighted by Crippen LogP contribution is 2.30. The fourth-order valence-corrected chi connectivity index (χ4v) is 3.19. The number of allylic oxidation sites excluding steroid dienone is 1. The minimum Gasteiger partial charge on any atom is -0.394 e. The molecular formula is C21H21N3O3. The number of nitrogens with one attached hydrogen (secondary N) is 1. The first-order valence-corrected chi connectivity index (χ1v) is 8.70. The Hall–Kier alpha value is -3.14. The summed E-state index contributed by atoms with van der Waals surface area (Å²) in [5.74, 6) is -0.286. The van der Waals surface area contributed by atoms with E-state index in [1.807, 2.05) is 53.1 Å². The number of aliphatic hydroxyl groups excluding tert-OH is 2. The number of aliphatic hydroxyl groups is 2. The quantitative estimate of drug-likeness (QED) is 0.585. The SMILES string of the molecule is C[C@H](O)[C@H](CO)NC(=O)Cn1c2ccccc2c2cc(/C=C/C#N)ccc21. The second kappa shape index (κ2) is 8.04. The smallest absolute Gasteiger partial charge is 0.240 e. The third kappa shape index (κ3) is 3.85. The zero-order chi connectivity index (χ0) is 19.4. The average Bonchev–Trinajstić information content (AvgIpc) is 2.97. The van der Waals surface area contributed by atoms with Crippen molar-refractivity contribution >= 4 is 33.8 Å². The number of hydrogen-bond donors (Lipinski definition) is 3. The Labute approximate surface area is 157 Å². The van der Waals surface area contributed by atoms with Gasteiger partial charge in [0.15, 0.2) is 0 Å². The summed E-state index contributed by atoms with van der Waals surface area (Å²) in [6, 6.07) is 14.9. The van der Waals surface area contributed by atoms with Gasteiger partial charge in [-0.3, -0.25) is 4.79 Å². The van der Waals surface area contributed by atoms with Crippen LogP contribution in [0, 0.1) is 11.3 Å². The van der Waals surface area contributed by atoms with Crippen LogP contribution >= 0.6 is 0 Å². The third-order valence-corrected chi connectivity index (χ3v) is 4.57. The zero-order valence-electron chi connectivity index (χ0n) is 15.0. The molecule has 1 heterocycles. The largest absolute Gasteiger partial charge is 0.394 e. The van der Waals surface area contributed by atoms with E-state index in [0.717, 1.165) is 27.4 Å². The molecule has 1 aromatic heterocycles. The summed E-state index contributed by atoms with van der Waals surface area (Å²) >= 11 is 0. The molecule has 0 saturated carbocycles. The van der Waals surface area contributed by atoms with E-state index in [0.29, 0.717) is 0 Å². The van der Waals surface area contributed by atoms with Gasteiger partial charge in [0.2, 0.25) is 5.91 Å². The Kier molecular flexibility index (Phi) is 5.55. The van der Waals surface area contributed by atoms with E-state index in [1.54, 1.807) is 6.08 Å². The summed E-state index contributed by atoms with van der Waals surface area (Å²) in [4.78, 5) is 12.5. The lowest BCUT2D eigenvalue weighted by Crippen LogP contribution is -2.45. The lowest BCUT2D eigenvalue weighted by Gasteiger charge is -2.19. The first-order chi connectivity index (χ1) is 13.0. The number of aromatic nitrogens is 1. The minimum absolute atomic E-state index is 0.0701. The van der Waals surface area contributed by atoms with Gasteiger partial charge in [0, 0.05) is 27.9 Å². The van der Waals surface area contributed by atoms with Crippen LogP contribution < -0.4 is 5.32 Å². The van der Waals surface area contributed by atoms with Crippen LogP contribution in [0.15, 0.2) is 48.5 Å². The molecule has 6 nitrogen and oxygen atoms in total. The molecule has 0 aliphatic carbocycles. The fraction of sp³-hybridized carbons (Fsp3) is 0.238. The molecule has 0 bridgehead atoms. The molecule has 3 N–H and O–H groups in total. The lowest BCUT2D eigenvalue weighted by molar-refractivity contribution is -0.123. The lowest BCUT2D eigenvalue weighted by atomic mass is 10.1. The van der Waals surface area contributed by atoms with Crippen LogP contribution in [-0.2, 0) is 11.3 Å². The van der Waals surface area contributed by atoms with Gasteiger partial charge >= 0.3 is 0 Å². The third-order valence-electron chi connectivity index (χ3n) is 4.57. The summed E-state index contributed by atoms with van der Waals surface area (Å²) in [7, 11) is 0. The van der Waals surface area contributed by atoms with Gasteiger partial charge < -0.3 is 20.1 Å². The van der Waals surface area contributed by atoms with Crippen molar-refractivity contribution in [3.63, 3.8) is 0 Å². The van der Waals surface area contributed by atoms with Crippen molar-refractivity contribution in [2.45, 2.75) is 25.6 Å². The van der Waals surface area contributed by atoms with E-state index in [1.165, 1.54) is 13.0 Å². The first-order valence-electron chi connectivity index (χ1n) is 8.70. The standard InChI is InChI=1S/C21H21N3O3/c1-14(26)18(13-25)23-21(27)12-24-19-7-3-2-6-16(19)17-11-15(5-4-10-22)8-9-20(17)24/h2-9,11,14,18,25-26H,12-13H2,1H3,(H,23,27)/b5-4+/t14-,18-/m0/s1. The number of para-hydroxylation sites is 1. The van der Waals surface area contributed by atoms with Crippen molar-refractivity contribution in [1.29, 1.82) is 5.26 Å². The highest BCUT2D eigenvalue weighted by atomic mass is 16.3. The van der Waals surface area contributed by atoms with Crippen molar-refractivity contribution in [2.24, 2.45) is 0 Å². The molecule has 3 aromatic rings. The topological polar surface area (TPSA) is 98.3 Å². The monoisotopic (exact) mass is 363 g/mol. The number of rotatable bonds is 6. The van der Waals surface area contributed by atoms with Crippen LogP contribution in [0.25, 0.3) is 27.9 Å². The van der Waals surface area contributed by atoms with Crippen LogP contribution in [0.3, 0.4) is 0 Å². The molecule has 0 aliphatic rings. The van der Waals surface area contributed by atoms with E-state index < -0.39 is 12.1 Å². The number of carbonyl (C=O) groups is 1. The fourth-order valence-electron chi connectivity index (χ4n) is 3.19. The number of hydrogen-bond acceptors (Lipinski definition) is 4. The van der Waals surface area contributed by atoms with Crippen molar-refractivity contribution < 1.29 is 15.0 Å². The second-order valence-corrected chi connectivity index (χ2v) is 6.44. The summed E-state index contributed by atoms with van der Waals surface area (Å²) in [6.07, 6.45) is 2.33. The van der Waals surface area contributed by atoms with Crippen molar-refractivity contribution in [3.05, 3.63) is 54.1 Å². The van der Waals surface area contributed by atoms with Crippen molar-refractivity contribution in [2.75, 3.05) is 6.61 Å². The van der Waals surface area contributed by atoms with Crippen LogP contribution in [0.2, 0.25) is 0 Å². The predicted molar refractivity (Wildman–Crippen MR) is 105 cm³/mol. The van der Waals surface area contributed by atoms with Gasteiger partial charge in [0.1, 0.15) is 6.54 Å². The van der Waals surface area contributed by atoms with E-state index in [4.69, 9.17) is 5.26 Å². The number of nitrogens with zero attached hydrogens (tertiary/aromatic N) is 2. The summed E-state index contributed by atoms with van der Waals surface area (Å²) in [5, 5.41) is 32.3. The molecule has 3 rings (SSSR count). The Morgan fingerprint density at radius 1 is 1.26 bits per heavy atom. The highest BCUT2D eigenvalue weighted by molar-refractivity contribution is 6.09. The van der Waals surface area contributed by atoms with Crippen molar-refractivity contribution in [3.8, 4) is 6.07 Å². The number of amides is 1. The van der Waals surface area contributed by atoms with Gasteiger partial charge in [-0.2, -0.15) is 5.26 Å². The van der Waals surface area contributed by atoms with E-state index >= 15 is 0 Å². The van der Waals surface area contributed by atoms with Crippen LogP contribution in [0.5, 0.6) is 0 Å². The molecule has 0 radical (unpaired) electrons. The molecule has 2 atom stereocenters. The number of benzene rings is 2. The number of nitriles is 1. The molecule has 0 aliphatic heterocycles. The summed E-state index contributed by atoms with van der Waals surface area (Å²) < 4.78 is 1.91. The maximum Gasteiger partial charge on any atom is 0.240 e. The zero-order valence-corrected chi connectivity index (χ0v) is 15.0.